The van der Waals surface area contributed by atoms with Crippen LogP contribution in [-0.4, -0.2) is 50.2 Å². The molecule has 1 aromatic carbocycles. The van der Waals surface area contributed by atoms with Gasteiger partial charge in [0.1, 0.15) is 0 Å². The molecular weight excluding hydrogens is 258 g/mol. The van der Waals surface area contributed by atoms with E-state index in [1.54, 1.807) is 0 Å². The molecule has 104 valence electrons. The number of piperazine rings is 1. The van der Waals surface area contributed by atoms with E-state index in [1.165, 1.54) is 25.1 Å². The lowest BCUT2D eigenvalue weighted by atomic mass is 10.0. The predicted octanol–water partition coefficient (Wildman–Crippen LogP) is 2.21. The van der Waals surface area contributed by atoms with Crippen LogP contribution in [0, 0.1) is 0 Å². The minimum Gasteiger partial charge on any atom is -0.368 e. The summed E-state index contributed by atoms with van der Waals surface area (Å²) in [5, 5.41) is 4.38. The number of anilines is 1. The maximum atomic E-state index is 6.28. The van der Waals surface area contributed by atoms with Crippen LogP contribution in [0.3, 0.4) is 0 Å². The van der Waals surface area contributed by atoms with Crippen LogP contribution in [0.2, 0.25) is 5.02 Å². The summed E-state index contributed by atoms with van der Waals surface area (Å²) in [5.41, 5.74) is 1.19. The first-order chi connectivity index (χ1) is 9.34. The zero-order chi connectivity index (χ0) is 13.1. The second-order valence-corrected chi connectivity index (χ2v) is 5.88. The molecule has 0 amide bonds. The Balaban J connectivity index is 1.58. The smallest absolute Gasteiger partial charge is 0.0639 e. The minimum absolute atomic E-state index is 0.738. The van der Waals surface area contributed by atoms with E-state index in [0.717, 1.165) is 43.8 Å². The molecule has 3 nitrogen and oxygen atoms in total. The van der Waals surface area contributed by atoms with Gasteiger partial charge in [0.2, 0.25) is 0 Å². The number of nitrogens with one attached hydrogen (secondary N) is 1. The van der Waals surface area contributed by atoms with Gasteiger partial charge in [0.15, 0.2) is 0 Å². The minimum atomic E-state index is 0.738. The molecule has 19 heavy (non-hydrogen) atoms. The van der Waals surface area contributed by atoms with Gasteiger partial charge in [0.05, 0.1) is 10.7 Å². The molecule has 2 heterocycles. The fourth-order valence-electron chi connectivity index (χ4n) is 3.18. The third-order valence-corrected chi connectivity index (χ3v) is 4.61. The zero-order valence-electron chi connectivity index (χ0n) is 11.3. The van der Waals surface area contributed by atoms with Crippen molar-refractivity contribution >= 4 is 17.3 Å². The highest BCUT2D eigenvalue weighted by molar-refractivity contribution is 6.33. The van der Waals surface area contributed by atoms with Gasteiger partial charge in [-0.05, 0) is 31.5 Å². The number of hydrogen-bond acceptors (Lipinski definition) is 3. The van der Waals surface area contributed by atoms with Crippen molar-refractivity contribution in [3.63, 3.8) is 0 Å². The molecular formula is C15H22ClN3. The fourth-order valence-corrected chi connectivity index (χ4v) is 3.44. The topological polar surface area (TPSA) is 18.5 Å². The van der Waals surface area contributed by atoms with Crippen molar-refractivity contribution in [3.8, 4) is 0 Å². The molecule has 2 aliphatic heterocycles. The van der Waals surface area contributed by atoms with Crippen LogP contribution < -0.4 is 10.2 Å². The predicted molar refractivity (Wildman–Crippen MR) is 81.1 cm³/mol. The van der Waals surface area contributed by atoms with Crippen LogP contribution in [0.15, 0.2) is 24.3 Å². The summed E-state index contributed by atoms with van der Waals surface area (Å²) in [5.74, 6) is 0. The van der Waals surface area contributed by atoms with Gasteiger partial charge in [0, 0.05) is 38.8 Å². The molecule has 0 saturated carbocycles. The maximum absolute atomic E-state index is 6.28. The van der Waals surface area contributed by atoms with Crippen LogP contribution in [0.4, 0.5) is 5.69 Å². The van der Waals surface area contributed by atoms with Crippen LogP contribution in [0.1, 0.15) is 12.8 Å². The van der Waals surface area contributed by atoms with E-state index >= 15 is 0 Å². The number of para-hydroxylation sites is 1. The molecule has 0 bridgehead atoms. The van der Waals surface area contributed by atoms with Gasteiger partial charge in [-0.15, -0.1) is 0 Å². The summed E-state index contributed by atoms with van der Waals surface area (Å²) in [6, 6.07) is 8.91. The number of rotatable bonds is 2. The standard InChI is InChI=1S/C15H22ClN3/c16-14-5-1-2-6-15(14)19-10-8-18(9-11-19)13-4-3-7-17-12-13/h1-2,5-6,13,17H,3-4,7-12H2. The lowest BCUT2D eigenvalue weighted by Crippen LogP contribution is -2.54. The van der Waals surface area contributed by atoms with Crippen molar-refractivity contribution in [1.82, 2.24) is 10.2 Å². The Labute approximate surface area is 120 Å². The summed E-state index contributed by atoms with van der Waals surface area (Å²) in [6.07, 6.45) is 2.66. The normalized spacial score (nSPS) is 25.5. The molecule has 0 spiro atoms. The maximum Gasteiger partial charge on any atom is 0.0639 e. The molecule has 2 aliphatic rings. The molecule has 2 saturated heterocycles. The Morgan fingerprint density at radius 1 is 1.11 bits per heavy atom. The first-order valence-corrected chi connectivity index (χ1v) is 7.66. The highest BCUT2D eigenvalue weighted by Crippen LogP contribution is 2.26. The van der Waals surface area contributed by atoms with Crippen molar-refractivity contribution < 1.29 is 0 Å². The van der Waals surface area contributed by atoms with E-state index in [9.17, 15) is 0 Å². The van der Waals surface area contributed by atoms with Crippen molar-refractivity contribution in [2.75, 3.05) is 44.2 Å². The Bertz CT molecular complexity index is 410. The summed E-state index contributed by atoms with van der Waals surface area (Å²) in [4.78, 5) is 5.05. The van der Waals surface area contributed by atoms with Gasteiger partial charge >= 0.3 is 0 Å². The molecule has 0 aliphatic carbocycles. The monoisotopic (exact) mass is 279 g/mol. The SMILES string of the molecule is Clc1ccccc1N1CCN(C2CCCNC2)CC1. The highest BCUT2D eigenvalue weighted by atomic mass is 35.5. The third-order valence-electron chi connectivity index (χ3n) is 4.29. The fraction of sp³-hybridized carbons (Fsp3) is 0.600. The summed E-state index contributed by atoms with van der Waals surface area (Å²) < 4.78 is 0. The Morgan fingerprint density at radius 3 is 2.58 bits per heavy atom. The average molecular weight is 280 g/mol. The molecule has 3 rings (SSSR count). The lowest BCUT2D eigenvalue weighted by molar-refractivity contribution is 0.157. The first-order valence-electron chi connectivity index (χ1n) is 7.29. The largest absolute Gasteiger partial charge is 0.368 e. The van der Waals surface area contributed by atoms with E-state index in [4.69, 9.17) is 11.6 Å². The molecule has 0 radical (unpaired) electrons. The summed E-state index contributed by atoms with van der Waals surface area (Å²) in [7, 11) is 0. The number of hydrogen-bond donors (Lipinski definition) is 1. The van der Waals surface area contributed by atoms with E-state index < -0.39 is 0 Å². The van der Waals surface area contributed by atoms with Gasteiger partial charge in [-0.3, -0.25) is 4.90 Å². The van der Waals surface area contributed by atoms with Crippen molar-refractivity contribution in [1.29, 1.82) is 0 Å². The van der Waals surface area contributed by atoms with Crippen LogP contribution in [0.5, 0.6) is 0 Å². The Morgan fingerprint density at radius 2 is 1.89 bits per heavy atom. The second-order valence-electron chi connectivity index (χ2n) is 5.47. The molecule has 1 unspecified atom stereocenters. The molecule has 1 atom stereocenters. The summed E-state index contributed by atoms with van der Waals surface area (Å²) in [6.45, 7) is 6.82. The van der Waals surface area contributed by atoms with E-state index in [2.05, 4.69) is 27.2 Å². The van der Waals surface area contributed by atoms with Gasteiger partial charge in [-0.2, -0.15) is 0 Å². The zero-order valence-corrected chi connectivity index (χ0v) is 12.1. The number of nitrogens with zero attached hydrogens (tertiary/aromatic N) is 2. The first kappa shape index (κ1) is 13.2. The molecule has 0 aromatic heterocycles. The van der Waals surface area contributed by atoms with E-state index in [-0.39, 0.29) is 0 Å². The van der Waals surface area contributed by atoms with Crippen molar-refractivity contribution in [2.24, 2.45) is 0 Å². The van der Waals surface area contributed by atoms with Gasteiger partial charge in [0.25, 0.3) is 0 Å². The number of benzene rings is 1. The van der Waals surface area contributed by atoms with Crippen LogP contribution >= 0.6 is 11.6 Å². The van der Waals surface area contributed by atoms with Crippen LogP contribution in [0.25, 0.3) is 0 Å². The van der Waals surface area contributed by atoms with Crippen molar-refractivity contribution in [2.45, 2.75) is 18.9 Å². The number of halogens is 1. The van der Waals surface area contributed by atoms with Gasteiger partial charge < -0.3 is 10.2 Å². The second kappa shape index (κ2) is 6.12. The molecule has 4 heteroatoms. The van der Waals surface area contributed by atoms with Crippen LogP contribution in [-0.2, 0) is 0 Å². The van der Waals surface area contributed by atoms with E-state index in [0.29, 0.717) is 0 Å². The molecule has 1 N–H and O–H groups in total. The Hall–Kier alpha value is -0.770. The number of piperidine rings is 1. The average Bonchev–Trinajstić information content (AvgIpc) is 2.49. The quantitative estimate of drug-likeness (QED) is 0.896. The highest BCUT2D eigenvalue weighted by Gasteiger charge is 2.25. The molecule has 2 fully saturated rings. The lowest BCUT2D eigenvalue weighted by Gasteiger charge is -2.41. The third kappa shape index (κ3) is 3.04. The molecule has 1 aromatic rings. The van der Waals surface area contributed by atoms with Gasteiger partial charge in [-0.1, -0.05) is 23.7 Å². The van der Waals surface area contributed by atoms with Gasteiger partial charge in [-0.25, -0.2) is 0 Å². The summed E-state index contributed by atoms with van der Waals surface area (Å²) >= 11 is 6.28. The van der Waals surface area contributed by atoms with Crippen molar-refractivity contribution in [3.05, 3.63) is 29.3 Å². The Kier molecular flexibility index (Phi) is 4.26. The van der Waals surface area contributed by atoms with E-state index in [1.807, 2.05) is 12.1 Å².